The predicted octanol–water partition coefficient (Wildman–Crippen LogP) is -0.830. The quantitative estimate of drug-likeness (QED) is 0.0214. The number of esters is 1. The van der Waals surface area contributed by atoms with E-state index in [4.69, 9.17) is 15.2 Å². The number of nitrogens with two attached hydrogens (primary N) is 4. The Kier molecular flexibility index (Phi) is 13.5. The fraction of sp³-hybridized carbons (Fsp3) is 0.773. The summed E-state index contributed by atoms with van der Waals surface area (Å²) in [7, 11) is 3.88. The van der Waals surface area contributed by atoms with Gasteiger partial charge in [-0.1, -0.05) is 55.9 Å². The standard InChI is InChI=1S/C44H69N7O5/c1-28(21-37(51-42(45)47-3)32-18-20-48-38(24-32)50-27-46-2)17-19-43-39(52)34-15-9-10-16-35(34)40(53)44(43,56-43)41(54)55-26-33-22-30-13-7-8-14-31(30)23-36(33)49-25-29-11-5-4-6-12-29/h8,14,17,23,29-30,32-38,46,48-50H,4-7,9-13,15-16,18-22,24-27H2,1-3H3,(H3,45,47,51)/p+4. The normalized spacial score (nSPS) is 36.8. The molecule has 11 N–H and O–H groups in total. The van der Waals surface area contributed by atoms with Crippen molar-refractivity contribution in [1.29, 1.82) is 0 Å². The van der Waals surface area contributed by atoms with Gasteiger partial charge in [-0.3, -0.25) is 25.6 Å². The van der Waals surface area contributed by atoms with Crippen molar-refractivity contribution in [2.24, 2.45) is 41.2 Å². The Bertz CT molecular complexity index is 1560. The molecule has 7 aliphatic rings. The maximum absolute atomic E-state index is 14.5. The number of epoxide rings is 1. The number of hydrogen-bond acceptors (Lipinski definition) is 6. The molecule has 5 aliphatic carbocycles. The SMILES string of the molecule is C[NH+]=C(N)NC(CC(C)=CCC12OC1(C(=O)OCC1CC3CCC=CC3=CC1[NH2+]CC1CCCCC1)C(=O)C1CCCCC1C2=O)C1CC[NH2+]C(NC[NH2+]C)C1. The van der Waals surface area contributed by atoms with Gasteiger partial charge in [-0.2, -0.15) is 0 Å². The summed E-state index contributed by atoms with van der Waals surface area (Å²) in [6, 6.07) is 0.292. The minimum absolute atomic E-state index is 0.0763. The number of piperidine rings is 1. The fourth-order valence-electron chi connectivity index (χ4n) is 11.5. The number of Topliss-reactive ketones (excluding diaryl/α,β-unsaturated/α-hetero) is 2. The lowest BCUT2D eigenvalue weighted by atomic mass is 9.61. The van der Waals surface area contributed by atoms with E-state index in [0.29, 0.717) is 43.2 Å². The van der Waals surface area contributed by atoms with Crippen LogP contribution < -0.4 is 37.3 Å². The molecular formula is C44H73N7O5+4. The van der Waals surface area contributed by atoms with Crippen molar-refractivity contribution in [2.45, 2.75) is 139 Å². The van der Waals surface area contributed by atoms with Crippen LogP contribution in [0, 0.1) is 35.5 Å². The summed E-state index contributed by atoms with van der Waals surface area (Å²) in [4.78, 5) is 46.6. The van der Waals surface area contributed by atoms with Gasteiger partial charge in [0.25, 0.3) is 5.60 Å². The van der Waals surface area contributed by atoms with Gasteiger partial charge in [-0.15, -0.1) is 0 Å². The highest BCUT2D eigenvalue weighted by Gasteiger charge is 2.87. The third kappa shape index (κ3) is 8.60. The maximum Gasteiger partial charge on any atom is 0.350 e. The summed E-state index contributed by atoms with van der Waals surface area (Å²) < 4.78 is 12.7. The van der Waals surface area contributed by atoms with Gasteiger partial charge in [-0.05, 0) is 69.4 Å². The monoisotopic (exact) mass is 780 g/mol. The van der Waals surface area contributed by atoms with Crippen molar-refractivity contribution in [3.8, 4) is 0 Å². The van der Waals surface area contributed by atoms with Crippen LogP contribution in [-0.4, -0.2) is 93.4 Å². The lowest BCUT2D eigenvalue weighted by Crippen LogP contribution is -2.98. The van der Waals surface area contributed by atoms with Crippen LogP contribution in [0.25, 0.3) is 0 Å². The van der Waals surface area contributed by atoms with Gasteiger partial charge in [-0.25, -0.2) is 10.1 Å². The number of guanidine groups is 1. The summed E-state index contributed by atoms with van der Waals surface area (Å²) in [5, 5.41) is 14.2. The van der Waals surface area contributed by atoms with E-state index < -0.39 is 29.0 Å². The molecule has 0 bridgehead atoms. The fourth-order valence-corrected chi connectivity index (χ4v) is 11.5. The number of carbonyl (C=O) groups excluding carboxylic acids is 3. The minimum atomic E-state index is -1.85. The zero-order chi connectivity index (χ0) is 39.3. The van der Waals surface area contributed by atoms with E-state index in [9.17, 15) is 14.4 Å². The molecule has 0 aromatic carbocycles. The lowest BCUT2D eigenvalue weighted by molar-refractivity contribution is -0.717. The van der Waals surface area contributed by atoms with E-state index in [1.807, 2.05) is 13.1 Å². The highest BCUT2D eigenvalue weighted by Crippen LogP contribution is 2.61. The third-order valence-electron chi connectivity index (χ3n) is 14.8. The van der Waals surface area contributed by atoms with Crippen LogP contribution in [0.3, 0.4) is 0 Å². The zero-order valence-electron chi connectivity index (χ0n) is 34.5. The molecule has 3 saturated carbocycles. The van der Waals surface area contributed by atoms with Crippen molar-refractivity contribution in [2.75, 3.05) is 40.5 Å². The van der Waals surface area contributed by atoms with Crippen LogP contribution >= 0.6 is 0 Å². The second kappa shape index (κ2) is 18.4. The van der Waals surface area contributed by atoms with Crippen LogP contribution in [0.5, 0.6) is 0 Å². The van der Waals surface area contributed by atoms with Gasteiger partial charge in [0.15, 0.2) is 17.2 Å². The lowest BCUT2D eigenvalue weighted by Gasteiger charge is -2.37. The van der Waals surface area contributed by atoms with Crippen molar-refractivity contribution >= 4 is 23.5 Å². The summed E-state index contributed by atoms with van der Waals surface area (Å²) in [5.41, 5.74) is 5.45. The number of allylic oxidation sites excluding steroid dienone is 3. The Hall–Kier alpha value is -2.90. The first-order valence-electron chi connectivity index (χ1n) is 22.4. The van der Waals surface area contributed by atoms with Gasteiger partial charge in [0.1, 0.15) is 25.5 Å². The smallest absolute Gasteiger partial charge is 0.350 e. The first kappa shape index (κ1) is 41.3. The van der Waals surface area contributed by atoms with Crippen LogP contribution in [0.15, 0.2) is 35.5 Å². The van der Waals surface area contributed by atoms with Crippen molar-refractivity contribution < 1.29 is 44.8 Å². The Labute approximate surface area is 334 Å². The van der Waals surface area contributed by atoms with Gasteiger partial charge in [0.05, 0.1) is 33.2 Å². The predicted molar refractivity (Wildman–Crippen MR) is 213 cm³/mol. The highest BCUT2D eigenvalue weighted by atomic mass is 16.7. The Balaban J connectivity index is 1.07. The first-order valence-corrected chi connectivity index (χ1v) is 22.4. The summed E-state index contributed by atoms with van der Waals surface area (Å²) >= 11 is 0. The number of hydrogen-bond donors (Lipinski definition) is 7. The van der Waals surface area contributed by atoms with E-state index in [1.165, 1.54) is 37.7 Å². The van der Waals surface area contributed by atoms with Gasteiger partial charge < -0.3 is 25.4 Å². The van der Waals surface area contributed by atoms with E-state index in [-0.39, 0.29) is 42.6 Å². The van der Waals surface area contributed by atoms with Crippen LogP contribution in [0.1, 0.15) is 110 Å². The number of rotatable bonds is 15. The van der Waals surface area contributed by atoms with Crippen molar-refractivity contribution in [3.63, 3.8) is 0 Å². The largest absolute Gasteiger partial charge is 0.463 e. The van der Waals surface area contributed by atoms with E-state index in [1.54, 1.807) is 0 Å². The molecule has 7 rings (SSSR count). The number of quaternary nitrogens is 3. The molecule has 0 aromatic rings. The Morgan fingerprint density at radius 3 is 2.62 bits per heavy atom. The van der Waals surface area contributed by atoms with Crippen LogP contribution in [-0.2, 0) is 23.9 Å². The van der Waals surface area contributed by atoms with E-state index >= 15 is 0 Å². The second-order valence-corrected chi connectivity index (χ2v) is 18.4. The van der Waals surface area contributed by atoms with E-state index in [0.717, 1.165) is 76.2 Å². The van der Waals surface area contributed by atoms with Gasteiger partial charge >= 0.3 is 11.9 Å². The molecule has 0 amide bonds. The van der Waals surface area contributed by atoms with E-state index in [2.05, 4.69) is 63.8 Å². The molecule has 12 nitrogen and oxygen atoms in total. The molecule has 5 fully saturated rings. The molecule has 10 unspecified atom stereocenters. The zero-order valence-corrected chi connectivity index (χ0v) is 34.5. The molecule has 310 valence electrons. The molecule has 2 aliphatic heterocycles. The van der Waals surface area contributed by atoms with Gasteiger partial charge in [0, 0.05) is 55.3 Å². The summed E-state index contributed by atoms with van der Waals surface area (Å²) in [6.45, 7) is 5.31. The molecule has 0 radical (unpaired) electrons. The number of fused-ring (bicyclic) bond motifs is 3. The van der Waals surface area contributed by atoms with Gasteiger partial charge in [0.2, 0.25) is 0 Å². The highest BCUT2D eigenvalue weighted by molar-refractivity contribution is 6.23. The number of ether oxygens (including phenoxy) is 2. The molecule has 2 saturated heterocycles. The summed E-state index contributed by atoms with van der Waals surface area (Å²) in [6.07, 6.45) is 25.2. The Morgan fingerprint density at radius 2 is 1.86 bits per heavy atom. The molecule has 0 spiro atoms. The molecule has 0 aromatic heterocycles. The summed E-state index contributed by atoms with van der Waals surface area (Å²) in [5.74, 6) is 0.451. The molecule has 12 heteroatoms. The number of nitrogens with one attached hydrogen (secondary N) is 3. The third-order valence-corrected chi connectivity index (χ3v) is 14.8. The molecular weight excluding hydrogens is 707 g/mol. The topological polar surface area (TPSA) is 187 Å². The molecule has 2 heterocycles. The maximum atomic E-state index is 14.5. The minimum Gasteiger partial charge on any atom is -0.463 e. The second-order valence-electron chi connectivity index (χ2n) is 18.4. The Morgan fingerprint density at radius 1 is 1.09 bits per heavy atom. The van der Waals surface area contributed by atoms with Crippen molar-refractivity contribution in [3.05, 3.63) is 35.5 Å². The average Bonchev–Trinajstić information content (AvgIpc) is 3.94. The van der Waals surface area contributed by atoms with Crippen molar-refractivity contribution in [1.82, 2.24) is 10.6 Å². The van der Waals surface area contributed by atoms with Crippen LogP contribution in [0.4, 0.5) is 0 Å². The number of carbonyl (C=O) groups is 3. The first-order chi connectivity index (χ1) is 27.2. The molecule has 56 heavy (non-hydrogen) atoms. The number of ketones is 2. The average molecular weight is 780 g/mol. The molecule has 10 atom stereocenters. The van der Waals surface area contributed by atoms with Crippen LogP contribution in [0.2, 0.25) is 0 Å².